The lowest BCUT2D eigenvalue weighted by Crippen LogP contribution is -2.22. The molecule has 0 unspecified atom stereocenters. The number of hydrogen-bond acceptors (Lipinski definition) is 1. The van der Waals surface area contributed by atoms with E-state index < -0.39 is 7.29 Å². The van der Waals surface area contributed by atoms with Crippen molar-refractivity contribution in [2.24, 2.45) is 0 Å². The van der Waals surface area contributed by atoms with Gasteiger partial charge < -0.3 is 4.67 Å². The maximum atomic E-state index is 13.9. The second kappa shape index (κ2) is 5.72. The van der Waals surface area contributed by atoms with E-state index in [0.29, 0.717) is 12.7 Å². The fourth-order valence-corrected chi connectivity index (χ4v) is 6.17. The number of nitrogens with zero attached hydrogens (tertiary/aromatic N) is 1. The summed E-state index contributed by atoms with van der Waals surface area (Å²) in [6, 6.07) is 28.4. The number of para-hydroxylation sites is 1. The quantitative estimate of drug-likeness (QED) is 0.646. The van der Waals surface area contributed by atoms with Crippen LogP contribution in [0.3, 0.4) is 0 Å². The fraction of sp³-hybridized carbons (Fsp3) is 0.100. The number of fused-ring (bicyclic) bond motifs is 1. The molecule has 1 heterocycles. The highest BCUT2D eigenvalue weighted by Crippen LogP contribution is 2.61. The predicted octanol–water partition coefficient (Wildman–Crippen LogP) is 4.81. The van der Waals surface area contributed by atoms with Gasteiger partial charge in [-0.15, -0.1) is 0 Å². The van der Waals surface area contributed by atoms with Crippen LogP contribution in [0.2, 0.25) is 0 Å². The Labute approximate surface area is 136 Å². The molecule has 1 atom stereocenters. The third kappa shape index (κ3) is 2.50. The van der Waals surface area contributed by atoms with E-state index in [4.69, 9.17) is 0 Å². The van der Waals surface area contributed by atoms with Crippen molar-refractivity contribution in [1.82, 2.24) is 0 Å². The van der Waals surface area contributed by atoms with Crippen molar-refractivity contribution >= 4 is 18.3 Å². The van der Waals surface area contributed by atoms with Gasteiger partial charge in [0, 0.05) is 17.5 Å². The van der Waals surface area contributed by atoms with Crippen LogP contribution >= 0.6 is 7.29 Å². The first-order valence-corrected chi connectivity index (χ1v) is 9.66. The lowest BCUT2D eigenvalue weighted by Gasteiger charge is -2.28. The summed E-state index contributed by atoms with van der Waals surface area (Å²) in [6.07, 6.45) is 0.611. The zero-order valence-corrected chi connectivity index (χ0v) is 13.7. The maximum Gasteiger partial charge on any atom is 0.205 e. The zero-order valence-electron chi connectivity index (χ0n) is 12.8. The maximum absolute atomic E-state index is 13.9. The van der Waals surface area contributed by atoms with Crippen LogP contribution in [0.5, 0.6) is 0 Å². The molecule has 0 fully saturated rings. The Bertz CT molecular complexity index is 861. The predicted molar refractivity (Wildman–Crippen MR) is 96.5 cm³/mol. The first-order chi connectivity index (χ1) is 11.3. The molecule has 1 aliphatic rings. The Morgan fingerprint density at radius 3 is 2.13 bits per heavy atom. The Balaban J connectivity index is 1.82. The van der Waals surface area contributed by atoms with Crippen molar-refractivity contribution in [3.63, 3.8) is 0 Å². The van der Waals surface area contributed by atoms with Gasteiger partial charge in [0.1, 0.15) is 0 Å². The van der Waals surface area contributed by atoms with E-state index in [9.17, 15) is 4.57 Å². The first-order valence-electron chi connectivity index (χ1n) is 7.82. The van der Waals surface area contributed by atoms with Gasteiger partial charge >= 0.3 is 0 Å². The van der Waals surface area contributed by atoms with E-state index in [2.05, 4.69) is 28.9 Å². The summed E-state index contributed by atoms with van der Waals surface area (Å²) >= 11 is 0. The van der Waals surface area contributed by atoms with Gasteiger partial charge in [-0.3, -0.25) is 4.57 Å². The number of hydrogen-bond donors (Lipinski definition) is 0. The molecule has 0 saturated carbocycles. The monoisotopic (exact) mass is 319 g/mol. The number of rotatable bonds is 3. The SMILES string of the molecule is O=[P@]1(c2ccccc2)Cc2ccccc2N1Cc1ccccc1. The molecular formula is C20H18NOP. The van der Waals surface area contributed by atoms with Crippen molar-refractivity contribution in [2.45, 2.75) is 12.7 Å². The molecular weight excluding hydrogens is 301 g/mol. The van der Waals surface area contributed by atoms with Crippen LogP contribution in [0, 0.1) is 0 Å². The van der Waals surface area contributed by atoms with Gasteiger partial charge in [-0.25, -0.2) is 0 Å². The van der Waals surface area contributed by atoms with Crippen LogP contribution < -0.4 is 9.97 Å². The van der Waals surface area contributed by atoms with Gasteiger partial charge in [-0.2, -0.15) is 0 Å². The lowest BCUT2D eigenvalue weighted by molar-refractivity contribution is 0.579. The molecule has 4 rings (SSSR count). The third-order valence-electron chi connectivity index (χ3n) is 4.38. The Morgan fingerprint density at radius 1 is 0.783 bits per heavy atom. The lowest BCUT2D eigenvalue weighted by atomic mass is 10.2. The van der Waals surface area contributed by atoms with Crippen LogP contribution in [0.4, 0.5) is 5.69 Å². The van der Waals surface area contributed by atoms with Gasteiger partial charge in [0.15, 0.2) is 0 Å². The van der Waals surface area contributed by atoms with Crippen LogP contribution in [0.1, 0.15) is 11.1 Å². The van der Waals surface area contributed by atoms with Gasteiger partial charge in [-0.05, 0) is 29.3 Å². The average molecular weight is 319 g/mol. The standard InChI is InChI=1S/C20H18NOP/c22-23(19-12-5-2-6-13-19)16-18-11-7-8-14-20(18)21(23)15-17-9-3-1-4-10-17/h1-14H,15-16H2/t23-/m0/s1. The second-order valence-corrected chi connectivity index (χ2v) is 8.59. The first kappa shape index (κ1) is 14.3. The van der Waals surface area contributed by atoms with Crippen molar-refractivity contribution in [1.29, 1.82) is 0 Å². The molecule has 1 aliphatic heterocycles. The van der Waals surface area contributed by atoms with E-state index in [1.807, 2.05) is 60.7 Å². The van der Waals surface area contributed by atoms with E-state index in [0.717, 1.165) is 11.0 Å². The summed E-state index contributed by atoms with van der Waals surface area (Å²) in [5, 5.41) is 0.937. The van der Waals surface area contributed by atoms with Crippen molar-refractivity contribution < 1.29 is 4.57 Å². The molecule has 3 heteroatoms. The normalized spacial score (nSPS) is 19.6. The molecule has 0 amide bonds. The molecule has 0 aromatic heterocycles. The van der Waals surface area contributed by atoms with Crippen LogP contribution in [0.25, 0.3) is 0 Å². The van der Waals surface area contributed by atoms with Crippen LogP contribution in [-0.2, 0) is 17.3 Å². The minimum absolute atomic E-state index is 0.611. The summed E-state index contributed by atoms with van der Waals surface area (Å²) in [7, 11) is -2.65. The summed E-state index contributed by atoms with van der Waals surface area (Å²) in [5.41, 5.74) is 3.46. The molecule has 0 bridgehead atoms. The molecule has 23 heavy (non-hydrogen) atoms. The summed E-state index contributed by atoms with van der Waals surface area (Å²) in [5.74, 6) is 0. The molecule has 3 aromatic rings. The number of benzene rings is 3. The molecule has 0 N–H and O–H groups in total. The topological polar surface area (TPSA) is 20.3 Å². The highest BCUT2D eigenvalue weighted by atomic mass is 31.2. The van der Waals surface area contributed by atoms with E-state index in [1.54, 1.807) is 0 Å². The summed E-state index contributed by atoms with van der Waals surface area (Å²) < 4.78 is 16.1. The molecule has 0 radical (unpaired) electrons. The molecule has 0 spiro atoms. The highest BCUT2D eigenvalue weighted by molar-refractivity contribution is 7.72. The van der Waals surface area contributed by atoms with Crippen molar-refractivity contribution in [2.75, 3.05) is 4.67 Å². The van der Waals surface area contributed by atoms with Crippen molar-refractivity contribution in [3.8, 4) is 0 Å². The summed E-state index contributed by atoms with van der Waals surface area (Å²) in [4.78, 5) is 0. The largest absolute Gasteiger partial charge is 0.314 e. The van der Waals surface area contributed by atoms with Crippen LogP contribution in [-0.4, -0.2) is 0 Å². The van der Waals surface area contributed by atoms with E-state index in [-0.39, 0.29) is 0 Å². The minimum Gasteiger partial charge on any atom is -0.314 e. The molecule has 0 saturated heterocycles. The minimum atomic E-state index is -2.65. The average Bonchev–Trinajstić information content (AvgIpc) is 2.90. The summed E-state index contributed by atoms with van der Waals surface area (Å²) in [6.45, 7) is 0.671. The highest BCUT2D eigenvalue weighted by Gasteiger charge is 2.40. The van der Waals surface area contributed by atoms with Crippen LogP contribution in [0.15, 0.2) is 84.9 Å². The van der Waals surface area contributed by atoms with Gasteiger partial charge in [0.25, 0.3) is 0 Å². The third-order valence-corrected chi connectivity index (χ3v) is 7.39. The molecule has 0 aliphatic carbocycles. The van der Waals surface area contributed by atoms with E-state index >= 15 is 0 Å². The molecule has 3 aromatic carbocycles. The second-order valence-electron chi connectivity index (χ2n) is 5.87. The Morgan fingerprint density at radius 2 is 1.39 bits per heavy atom. The Hall–Kier alpha value is -2.31. The molecule has 2 nitrogen and oxygen atoms in total. The zero-order chi connectivity index (χ0) is 15.7. The van der Waals surface area contributed by atoms with Gasteiger partial charge in [-0.1, -0.05) is 66.7 Å². The van der Waals surface area contributed by atoms with Crippen molar-refractivity contribution in [3.05, 3.63) is 96.1 Å². The number of anilines is 1. The smallest absolute Gasteiger partial charge is 0.205 e. The van der Waals surface area contributed by atoms with E-state index in [1.165, 1.54) is 11.1 Å². The fourth-order valence-electron chi connectivity index (χ4n) is 3.23. The Kier molecular flexibility index (Phi) is 3.55. The molecule has 114 valence electrons. The van der Waals surface area contributed by atoms with Gasteiger partial charge in [0.2, 0.25) is 7.29 Å². The van der Waals surface area contributed by atoms with Gasteiger partial charge in [0.05, 0.1) is 6.16 Å².